The van der Waals surface area contributed by atoms with Gasteiger partial charge in [0.25, 0.3) is 5.91 Å². The molecule has 0 aromatic carbocycles. The number of aliphatic hydroxyl groups is 1. The van der Waals surface area contributed by atoms with Crippen LogP contribution in [-0.2, 0) is 9.53 Å². The summed E-state index contributed by atoms with van der Waals surface area (Å²) in [4.78, 5) is 18.5. The molecular weight excluding hydrogens is 360 g/mol. The molecule has 1 fully saturated rings. The number of hydrogen-bond donors (Lipinski definition) is 1. The van der Waals surface area contributed by atoms with E-state index >= 15 is 0 Å². The fourth-order valence-electron chi connectivity index (χ4n) is 2.55. The lowest BCUT2D eigenvalue weighted by Crippen LogP contribution is -2.29. The summed E-state index contributed by atoms with van der Waals surface area (Å²) in [5, 5.41) is 10.6. The molecular formula is C17H21BrN2O3. The zero-order valence-corrected chi connectivity index (χ0v) is 15.0. The SMILES string of the molecule is COC=NC1=CCC=C(Br)C=C1/C(O)=C(\C)C(=O)N1CCCC1. The van der Waals surface area contributed by atoms with E-state index in [9.17, 15) is 9.90 Å². The Bertz CT molecular complexity index is 624. The fourth-order valence-corrected chi connectivity index (χ4v) is 2.96. The van der Waals surface area contributed by atoms with E-state index in [0.717, 1.165) is 30.4 Å². The first-order chi connectivity index (χ1) is 11.0. The highest BCUT2D eigenvalue weighted by atomic mass is 79.9. The number of rotatable bonds is 4. The Labute approximate surface area is 144 Å². The summed E-state index contributed by atoms with van der Waals surface area (Å²) in [6.07, 6.45) is 9.61. The van der Waals surface area contributed by atoms with Crippen LogP contribution in [0.1, 0.15) is 26.2 Å². The van der Waals surface area contributed by atoms with Gasteiger partial charge in [0, 0.05) is 23.1 Å². The van der Waals surface area contributed by atoms with E-state index < -0.39 is 0 Å². The number of likely N-dealkylation sites (tertiary alicyclic amines) is 1. The zero-order chi connectivity index (χ0) is 16.8. The smallest absolute Gasteiger partial charge is 0.253 e. The van der Waals surface area contributed by atoms with Gasteiger partial charge in [-0.15, -0.1) is 0 Å². The molecule has 1 heterocycles. The van der Waals surface area contributed by atoms with Crippen LogP contribution in [0, 0.1) is 0 Å². The Hall–Kier alpha value is -1.82. The lowest BCUT2D eigenvalue weighted by Gasteiger charge is -2.17. The molecule has 0 aromatic rings. The first-order valence-corrected chi connectivity index (χ1v) is 8.36. The first kappa shape index (κ1) is 17.5. The number of methoxy groups -OCH3 is 1. The van der Waals surface area contributed by atoms with Crippen molar-refractivity contribution >= 4 is 28.2 Å². The molecule has 6 heteroatoms. The highest BCUT2D eigenvalue weighted by Gasteiger charge is 2.24. The van der Waals surface area contributed by atoms with Crippen molar-refractivity contribution < 1.29 is 14.6 Å². The number of aliphatic imine (C=N–C) groups is 1. The van der Waals surface area contributed by atoms with E-state index in [-0.39, 0.29) is 11.7 Å². The summed E-state index contributed by atoms with van der Waals surface area (Å²) < 4.78 is 5.70. The van der Waals surface area contributed by atoms with Crippen LogP contribution in [-0.4, -0.2) is 42.5 Å². The minimum absolute atomic E-state index is 0.0475. The molecule has 0 atom stereocenters. The van der Waals surface area contributed by atoms with Crippen LogP contribution < -0.4 is 0 Å². The molecule has 0 spiro atoms. The van der Waals surface area contributed by atoms with Crippen LogP contribution in [0.15, 0.2) is 50.3 Å². The van der Waals surface area contributed by atoms with E-state index in [1.807, 2.05) is 12.2 Å². The van der Waals surface area contributed by atoms with Gasteiger partial charge < -0.3 is 14.7 Å². The third-order valence-corrected chi connectivity index (χ3v) is 4.36. The Morgan fingerprint density at radius 3 is 2.74 bits per heavy atom. The molecule has 0 saturated carbocycles. The van der Waals surface area contributed by atoms with Crippen molar-refractivity contribution in [3.8, 4) is 0 Å². The largest absolute Gasteiger partial charge is 0.507 e. The van der Waals surface area contributed by atoms with Gasteiger partial charge in [0.2, 0.25) is 0 Å². The summed E-state index contributed by atoms with van der Waals surface area (Å²) in [7, 11) is 1.51. The number of allylic oxidation sites excluding steroid dienone is 4. The molecule has 0 aromatic heterocycles. The molecule has 0 radical (unpaired) electrons. The van der Waals surface area contributed by atoms with Gasteiger partial charge in [0.1, 0.15) is 5.76 Å². The molecule has 1 aliphatic heterocycles. The van der Waals surface area contributed by atoms with E-state index in [2.05, 4.69) is 20.9 Å². The number of amides is 1. The Balaban J connectivity index is 2.37. The lowest BCUT2D eigenvalue weighted by molar-refractivity contribution is -0.126. The molecule has 0 bridgehead atoms. The second-order valence-electron chi connectivity index (χ2n) is 5.42. The number of hydrogen-bond acceptors (Lipinski definition) is 4. The van der Waals surface area contributed by atoms with Crippen LogP contribution in [0.25, 0.3) is 0 Å². The monoisotopic (exact) mass is 380 g/mol. The molecule has 1 saturated heterocycles. The normalized spacial score (nSPS) is 19.8. The van der Waals surface area contributed by atoms with Crippen molar-refractivity contribution in [2.75, 3.05) is 20.2 Å². The second-order valence-corrected chi connectivity index (χ2v) is 6.33. The Morgan fingerprint density at radius 1 is 1.39 bits per heavy atom. The summed E-state index contributed by atoms with van der Waals surface area (Å²) in [5.41, 5.74) is 1.41. The minimum atomic E-state index is -0.125. The van der Waals surface area contributed by atoms with Gasteiger partial charge in [-0.3, -0.25) is 4.79 Å². The summed E-state index contributed by atoms with van der Waals surface area (Å²) in [6, 6.07) is 0. The average Bonchev–Trinajstić information content (AvgIpc) is 3.02. The zero-order valence-electron chi connectivity index (χ0n) is 13.4. The molecule has 2 aliphatic rings. The highest BCUT2D eigenvalue weighted by Crippen LogP contribution is 2.29. The maximum Gasteiger partial charge on any atom is 0.253 e. The Morgan fingerprint density at radius 2 is 2.09 bits per heavy atom. The maximum atomic E-state index is 12.5. The van der Waals surface area contributed by atoms with E-state index in [1.54, 1.807) is 17.9 Å². The summed E-state index contributed by atoms with van der Waals surface area (Å²) >= 11 is 3.43. The molecule has 5 nitrogen and oxygen atoms in total. The van der Waals surface area contributed by atoms with Crippen molar-refractivity contribution in [3.63, 3.8) is 0 Å². The van der Waals surface area contributed by atoms with Crippen LogP contribution >= 0.6 is 15.9 Å². The molecule has 2 rings (SSSR count). The standard InChI is InChI=1S/C17H21BrN2O3/c1-12(17(22)20-8-3-4-9-20)16(21)14-10-13(18)6-5-7-15(14)19-11-23-2/h6-7,10-11,21H,3-5,8-9H2,1-2H3/b16-12-,19-11?. The second kappa shape index (κ2) is 8.15. The topological polar surface area (TPSA) is 62.1 Å². The molecule has 1 N–H and O–H groups in total. The first-order valence-electron chi connectivity index (χ1n) is 7.57. The number of aliphatic hydroxyl groups excluding tert-OH is 1. The number of halogens is 1. The van der Waals surface area contributed by atoms with Gasteiger partial charge in [-0.1, -0.05) is 28.1 Å². The third kappa shape index (κ3) is 4.34. The number of nitrogens with zero attached hydrogens (tertiary/aromatic N) is 2. The van der Waals surface area contributed by atoms with Crippen molar-refractivity contribution in [1.29, 1.82) is 0 Å². The van der Waals surface area contributed by atoms with Crippen molar-refractivity contribution in [2.45, 2.75) is 26.2 Å². The maximum absolute atomic E-state index is 12.5. The number of carbonyl (C=O) groups is 1. The summed E-state index contributed by atoms with van der Waals surface area (Å²) in [6.45, 7) is 3.14. The van der Waals surface area contributed by atoms with Gasteiger partial charge in [0.15, 0.2) is 6.40 Å². The molecule has 23 heavy (non-hydrogen) atoms. The van der Waals surface area contributed by atoms with Gasteiger partial charge in [0.05, 0.1) is 18.4 Å². The average molecular weight is 381 g/mol. The van der Waals surface area contributed by atoms with E-state index in [1.165, 1.54) is 13.5 Å². The van der Waals surface area contributed by atoms with Crippen LogP contribution in [0.5, 0.6) is 0 Å². The number of carbonyl (C=O) groups excluding carboxylic acids is 1. The number of ether oxygens (including phenoxy) is 1. The van der Waals surface area contributed by atoms with E-state index in [0.29, 0.717) is 23.3 Å². The van der Waals surface area contributed by atoms with Crippen LogP contribution in [0.4, 0.5) is 0 Å². The van der Waals surface area contributed by atoms with Gasteiger partial charge in [-0.05, 0) is 32.3 Å². The van der Waals surface area contributed by atoms with Crippen LogP contribution in [0.3, 0.4) is 0 Å². The molecule has 124 valence electrons. The van der Waals surface area contributed by atoms with Gasteiger partial charge >= 0.3 is 0 Å². The lowest BCUT2D eigenvalue weighted by atomic mass is 10.1. The van der Waals surface area contributed by atoms with Gasteiger partial charge in [-0.25, -0.2) is 4.99 Å². The third-order valence-electron chi connectivity index (χ3n) is 3.80. The molecule has 1 aliphatic carbocycles. The quantitative estimate of drug-likeness (QED) is 0.350. The van der Waals surface area contributed by atoms with Gasteiger partial charge in [-0.2, -0.15) is 0 Å². The van der Waals surface area contributed by atoms with Crippen molar-refractivity contribution in [1.82, 2.24) is 4.90 Å². The van der Waals surface area contributed by atoms with Crippen LogP contribution in [0.2, 0.25) is 0 Å². The predicted octanol–water partition coefficient (Wildman–Crippen LogP) is 3.61. The predicted molar refractivity (Wildman–Crippen MR) is 94.4 cm³/mol. The van der Waals surface area contributed by atoms with Crippen molar-refractivity contribution in [3.05, 3.63) is 45.3 Å². The Kier molecular flexibility index (Phi) is 6.21. The minimum Gasteiger partial charge on any atom is -0.507 e. The summed E-state index contributed by atoms with van der Waals surface area (Å²) in [5.74, 6) is -0.172. The van der Waals surface area contributed by atoms with E-state index in [4.69, 9.17) is 4.74 Å². The van der Waals surface area contributed by atoms with Crippen molar-refractivity contribution in [2.24, 2.45) is 4.99 Å². The highest BCUT2D eigenvalue weighted by molar-refractivity contribution is 9.11. The molecule has 0 unspecified atom stereocenters. The molecule has 1 amide bonds. The fraction of sp³-hybridized carbons (Fsp3) is 0.412.